The fourth-order valence-electron chi connectivity index (χ4n) is 1.34. The van der Waals surface area contributed by atoms with Crippen LogP contribution in [0.5, 0.6) is 11.5 Å². The molecule has 0 heterocycles. The van der Waals surface area contributed by atoms with E-state index in [2.05, 4.69) is 15.9 Å². The van der Waals surface area contributed by atoms with Gasteiger partial charge < -0.3 is 15.6 Å². The highest BCUT2D eigenvalue weighted by molar-refractivity contribution is 9.10. The molecule has 0 bridgehead atoms. The first-order chi connectivity index (χ1) is 7.10. The van der Waals surface area contributed by atoms with E-state index in [0.717, 1.165) is 18.4 Å². The molecular weight excluding hydrogens is 293 g/mol. The number of aromatic hydroxyl groups is 1. The van der Waals surface area contributed by atoms with Crippen molar-refractivity contribution in [2.24, 2.45) is 5.73 Å². The Balaban J connectivity index is 0.00000225. The SMILES string of the molecule is CCC(N)Cc1ccc(OC)c(O)c1Br.Cl. The van der Waals surface area contributed by atoms with Crippen LogP contribution in [0.25, 0.3) is 0 Å². The number of methoxy groups -OCH3 is 1. The van der Waals surface area contributed by atoms with Crippen molar-refractivity contribution in [3.05, 3.63) is 22.2 Å². The maximum atomic E-state index is 9.75. The molecule has 1 unspecified atom stereocenters. The van der Waals surface area contributed by atoms with E-state index >= 15 is 0 Å². The molecule has 0 aromatic heterocycles. The zero-order valence-corrected chi connectivity index (χ0v) is 11.8. The fourth-order valence-corrected chi connectivity index (χ4v) is 1.83. The zero-order valence-electron chi connectivity index (χ0n) is 9.37. The number of nitrogens with two attached hydrogens (primary N) is 1. The highest BCUT2D eigenvalue weighted by atomic mass is 79.9. The third-order valence-corrected chi connectivity index (χ3v) is 3.27. The van der Waals surface area contributed by atoms with Gasteiger partial charge in [0.05, 0.1) is 11.6 Å². The molecule has 0 spiro atoms. The van der Waals surface area contributed by atoms with Crippen molar-refractivity contribution in [3.8, 4) is 11.5 Å². The number of hydrogen-bond acceptors (Lipinski definition) is 3. The molecule has 3 N–H and O–H groups in total. The molecule has 0 amide bonds. The van der Waals surface area contributed by atoms with Crippen LogP contribution in [0.2, 0.25) is 0 Å². The van der Waals surface area contributed by atoms with Crippen LogP contribution in [0.15, 0.2) is 16.6 Å². The van der Waals surface area contributed by atoms with Gasteiger partial charge in [0.1, 0.15) is 0 Å². The number of phenolic OH excluding ortho intramolecular Hbond substituents is 1. The first-order valence-corrected chi connectivity index (χ1v) is 5.69. The van der Waals surface area contributed by atoms with Gasteiger partial charge in [-0.2, -0.15) is 0 Å². The lowest BCUT2D eigenvalue weighted by atomic mass is 10.0. The molecule has 92 valence electrons. The summed E-state index contributed by atoms with van der Waals surface area (Å²) in [5.41, 5.74) is 6.86. The molecule has 0 radical (unpaired) electrons. The van der Waals surface area contributed by atoms with E-state index in [1.54, 1.807) is 6.07 Å². The summed E-state index contributed by atoms with van der Waals surface area (Å²) in [6, 6.07) is 3.78. The van der Waals surface area contributed by atoms with Gasteiger partial charge in [-0.1, -0.05) is 13.0 Å². The topological polar surface area (TPSA) is 55.5 Å². The van der Waals surface area contributed by atoms with Crippen molar-refractivity contribution in [3.63, 3.8) is 0 Å². The Morgan fingerprint density at radius 3 is 2.62 bits per heavy atom. The van der Waals surface area contributed by atoms with Crippen molar-refractivity contribution < 1.29 is 9.84 Å². The van der Waals surface area contributed by atoms with E-state index < -0.39 is 0 Å². The molecule has 3 nitrogen and oxygen atoms in total. The first-order valence-electron chi connectivity index (χ1n) is 4.90. The second kappa shape index (κ2) is 6.99. The predicted octanol–water partition coefficient (Wildman–Crippen LogP) is 2.86. The summed E-state index contributed by atoms with van der Waals surface area (Å²) in [4.78, 5) is 0. The highest BCUT2D eigenvalue weighted by Crippen LogP contribution is 2.36. The summed E-state index contributed by atoms with van der Waals surface area (Å²) in [5, 5.41) is 9.75. The fraction of sp³-hybridized carbons (Fsp3) is 0.455. The van der Waals surface area contributed by atoms with Gasteiger partial charge in [0.15, 0.2) is 11.5 Å². The van der Waals surface area contributed by atoms with Crippen LogP contribution in [0, 0.1) is 0 Å². The van der Waals surface area contributed by atoms with Crippen LogP contribution in [-0.4, -0.2) is 18.3 Å². The first kappa shape index (κ1) is 15.5. The molecular formula is C11H17BrClNO2. The minimum Gasteiger partial charge on any atom is -0.503 e. The Hall–Kier alpha value is -0.450. The monoisotopic (exact) mass is 309 g/mol. The lowest BCUT2D eigenvalue weighted by Crippen LogP contribution is -2.21. The third-order valence-electron chi connectivity index (χ3n) is 2.39. The van der Waals surface area contributed by atoms with Crippen molar-refractivity contribution in [2.45, 2.75) is 25.8 Å². The quantitative estimate of drug-likeness (QED) is 0.899. The average Bonchev–Trinajstić information content (AvgIpc) is 2.25. The van der Waals surface area contributed by atoms with Gasteiger partial charge in [-0.25, -0.2) is 0 Å². The lowest BCUT2D eigenvalue weighted by Gasteiger charge is -2.13. The second-order valence-corrected chi connectivity index (χ2v) is 4.25. The molecule has 0 fully saturated rings. The van der Waals surface area contributed by atoms with Gasteiger partial charge in [-0.05, 0) is 40.4 Å². The van der Waals surface area contributed by atoms with Crippen LogP contribution in [0.4, 0.5) is 0 Å². The number of halogens is 2. The Bertz CT molecular complexity index is 347. The van der Waals surface area contributed by atoms with E-state index in [4.69, 9.17) is 10.5 Å². The minimum atomic E-state index is 0. The molecule has 1 aromatic carbocycles. The summed E-state index contributed by atoms with van der Waals surface area (Å²) in [5.74, 6) is 0.606. The summed E-state index contributed by atoms with van der Waals surface area (Å²) >= 11 is 3.34. The Morgan fingerprint density at radius 1 is 1.50 bits per heavy atom. The number of phenols is 1. The van der Waals surface area contributed by atoms with Crippen LogP contribution in [-0.2, 0) is 6.42 Å². The number of ether oxygens (including phenoxy) is 1. The molecule has 5 heteroatoms. The van der Waals surface area contributed by atoms with E-state index in [9.17, 15) is 5.11 Å². The van der Waals surface area contributed by atoms with Gasteiger partial charge in [0, 0.05) is 6.04 Å². The van der Waals surface area contributed by atoms with Crippen molar-refractivity contribution in [1.29, 1.82) is 0 Å². The van der Waals surface area contributed by atoms with E-state index in [1.807, 2.05) is 13.0 Å². The molecule has 0 saturated heterocycles. The Labute approximate surface area is 111 Å². The molecule has 0 aliphatic heterocycles. The number of benzene rings is 1. The summed E-state index contributed by atoms with van der Waals surface area (Å²) in [6.45, 7) is 2.04. The van der Waals surface area contributed by atoms with Crippen molar-refractivity contribution >= 4 is 28.3 Å². The second-order valence-electron chi connectivity index (χ2n) is 3.46. The van der Waals surface area contributed by atoms with E-state index in [-0.39, 0.29) is 24.2 Å². The normalized spacial score (nSPS) is 11.8. The largest absolute Gasteiger partial charge is 0.503 e. The minimum absolute atomic E-state index is 0. The molecule has 0 saturated carbocycles. The van der Waals surface area contributed by atoms with Crippen LogP contribution in [0.1, 0.15) is 18.9 Å². The van der Waals surface area contributed by atoms with Gasteiger partial charge in [0.25, 0.3) is 0 Å². The lowest BCUT2D eigenvalue weighted by molar-refractivity contribution is 0.371. The van der Waals surface area contributed by atoms with Gasteiger partial charge in [-0.15, -0.1) is 12.4 Å². The molecule has 1 aromatic rings. The molecule has 1 rings (SSSR count). The smallest absolute Gasteiger partial charge is 0.172 e. The highest BCUT2D eigenvalue weighted by Gasteiger charge is 2.12. The summed E-state index contributed by atoms with van der Waals surface area (Å²) in [6.07, 6.45) is 1.66. The number of hydrogen-bond donors (Lipinski definition) is 2. The maximum Gasteiger partial charge on any atom is 0.172 e. The molecule has 0 aliphatic carbocycles. The average molecular weight is 311 g/mol. The Morgan fingerprint density at radius 2 is 2.12 bits per heavy atom. The van der Waals surface area contributed by atoms with Gasteiger partial charge in [0.2, 0.25) is 0 Å². The predicted molar refractivity (Wildman–Crippen MR) is 71.6 cm³/mol. The van der Waals surface area contributed by atoms with E-state index in [1.165, 1.54) is 7.11 Å². The van der Waals surface area contributed by atoms with Crippen LogP contribution < -0.4 is 10.5 Å². The Kier molecular flexibility index (Phi) is 6.79. The third kappa shape index (κ3) is 3.54. The zero-order chi connectivity index (χ0) is 11.4. The maximum absolute atomic E-state index is 9.75. The molecule has 0 aliphatic rings. The summed E-state index contributed by atoms with van der Waals surface area (Å²) < 4.78 is 5.67. The van der Waals surface area contributed by atoms with Crippen LogP contribution in [0.3, 0.4) is 0 Å². The standard InChI is InChI=1S/C11H16BrNO2.ClH/c1-3-8(13)6-7-4-5-9(15-2)11(14)10(7)12;/h4-5,8,14H,3,6,13H2,1-2H3;1H. The van der Waals surface area contributed by atoms with Crippen molar-refractivity contribution in [1.82, 2.24) is 0 Å². The van der Waals surface area contributed by atoms with Gasteiger partial charge >= 0.3 is 0 Å². The van der Waals surface area contributed by atoms with Gasteiger partial charge in [-0.3, -0.25) is 0 Å². The van der Waals surface area contributed by atoms with Crippen LogP contribution >= 0.6 is 28.3 Å². The number of rotatable bonds is 4. The van der Waals surface area contributed by atoms with Crippen molar-refractivity contribution in [2.75, 3.05) is 7.11 Å². The molecule has 16 heavy (non-hydrogen) atoms. The summed E-state index contributed by atoms with van der Waals surface area (Å²) in [7, 11) is 1.53. The molecule has 1 atom stereocenters. The van der Waals surface area contributed by atoms with E-state index in [0.29, 0.717) is 10.2 Å².